The fourth-order valence-electron chi connectivity index (χ4n) is 3.17. The van der Waals surface area contributed by atoms with E-state index in [4.69, 9.17) is 19.5 Å². The quantitative estimate of drug-likeness (QED) is 0.147. The summed E-state index contributed by atoms with van der Waals surface area (Å²) in [6, 6.07) is 8.33. The first-order valence-corrected chi connectivity index (χ1v) is 13.4. The number of nitrogens with zero attached hydrogens (tertiary/aromatic N) is 1. The van der Waals surface area contributed by atoms with Crippen molar-refractivity contribution in [3.63, 3.8) is 0 Å². The fourth-order valence-corrected chi connectivity index (χ4v) is 4.14. The fraction of sp³-hybridized carbons (Fsp3) is 0.750. The predicted octanol–water partition coefficient (Wildman–Crippen LogP) is 2.66. The van der Waals surface area contributed by atoms with Gasteiger partial charge in [-0.2, -0.15) is 8.42 Å². The van der Waals surface area contributed by atoms with Crippen molar-refractivity contribution in [3.05, 3.63) is 30.3 Å². The summed E-state index contributed by atoms with van der Waals surface area (Å²) >= 11 is 0. The Labute approximate surface area is 231 Å². The second-order valence-electron chi connectivity index (χ2n) is 7.78. The number of aliphatic hydroxyl groups is 3. The minimum absolute atomic E-state index is 0. The van der Waals surface area contributed by atoms with Gasteiger partial charge in [-0.3, -0.25) is 9.08 Å². The van der Waals surface area contributed by atoms with Gasteiger partial charge in [-0.1, -0.05) is 82.9 Å². The molecule has 0 unspecified atom stereocenters. The molecule has 33 heavy (non-hydrogen) atoms. The molecule has 0 heterocycles. The molecule has 0 fully saturated rings. The molecule has 0 aromatic heterocycles. The summed E-state index contributed by atoms with van der Waals surface area (Å²) in [5.41, 5.74) is 0. The molecule has 0 saturated heterocycles. The first-order chi connectivity index (χ1) is 15.5. The second-order valence-corrected chi connectivity index (χ2v) is 9.40. The number of benzene rings is 1. The summed E-state index contributed by atoms with van der Waals surface area (Å²) in [6.07, 6.45) is 12.3. The van der Waals surface area contributed by atoms with E-state index in [9.17, 15) is 8.42 Å². The summed E-state index contributed by atoms with van der Waals surface area (Å²) in [4.78, 5) is 2.03. The van der Waals surface area contributed by atoms with Crippen LogP contribution in [0.1, 0.15) is 71.1 Å². The Morgan fingerprint density at radius 2 is 1.15 bits per heavy atom. The molecule has 3 N–H and O–H groups in total. The number of aliphatic hydroxyl groups excluding tert-OH is 3. The summed E-state index contributed by atoms with van der Waals surface area (Å²) in [7, 11) is -3.57. The van der Waals surface area contributed by atoms with Crippen molar-refractivity contribution in [3.8, 4) is 0 Å². The molecule has 0 atom stereocenters. The van der Waals surface area contributed by atoms with Crippen molar-refractivity contribution >= 4 is 47.9 Å². The zero-order valence-electron chi connectivity index (χ0n) is 19.8. The maximum atomic E-state index is 11.9. The van der Waals surface area contributed by atoms with Gasteiger partial charge < -0.3 is 15.3 Å². The van der Waals surface area contributed by atoms with E-state index in [1.807, 2.05) is 0 Å². The molecule has 1 rings (SSSR count). The van der Waals surface area contributed by atoms with Gasteiger partial charge in [-0.25, -0.2) is 0 Å². The van der Waals surface area contributed by atoms with E-state index in [1.165, 1.54) is 51.4 Å². The van der Waals surface area contributed by atoms with Crippen LogP contribution in [0.15, 0.2) is 35.2 Å². The van der Waals surface area contributed by atoms with E-state index >= 15 is 0 Å². The summed E-state index contributed by atoms with van der Waals surface area (Å²) in [6.45, 7) is 4.27. The third kappa shape index (κ3) is 21.2. The van der Waals surface area contributed by atoms with Crippen LogP contribution in [0.5, 0.6) is 0 Å². The molecule has 0 aliphatic rings. The molecule has 0 spiro atoms. The molecule has 0 radical (unpaired) electrons. The van der Waals surface area contributed by atoms with Crippen LogP contribution in [0.25, 0.3) is 0 Å². The Morgan fingerprint density at radius 1 is 0.727 bits per heavy atom. The molecule has 9 heteroatoms. The standard InChI is InChI=1S/C18H30O3S.C6H15NO3.Ca.2H/c1-2-3-4-5-6-7-8-9-10-14-17-21-22(19,20)18-15-12-11-13-16-18;8-4-1-7(2-5-9)3-6-10;;;/h11-13,15-16H,2-10,14,17H2,1H3;8-10H,1-6H2;;;. The van der Waals surface area contributed by atoms with E-state index in [2.05, 4.69) is 6.92 Å². The van der Waals surface area contributed by atoms with Crippen molar-refractivity contribution in [1.82, 2.24) is 4.90 Å². The van der Waals surface area contributed by atoms with Gasteiger partial charge in [0.2, 0.25) is 0 Å². The average molecular weight is 518 g/mol. The molecule has 0 aliphatic heterocycles. The Morgan fingerprint density at radius 3 is 1.58 bits per heavy atom. The zero-order valence-corrected chi connectivity index (χ0v) is 20.6. The van der Waals surface area contributed by atoms with Gasteiger partial charge in [-0.15, -0.1) is 0 Å². The Kier molecular flexibility index (Phi) is 27.2. The SMILES string of the molecule is CCCCCCCCCCCCOS(=O)(=O)c1ccccc1.OCCN(CCO)CCO.[CaH2]. The summed E-state index contributed by atoms with van der Waals surface area (Å²) < 4.78 is 28.8. The maximum absolute atomic E-state index is 11.9. The van der Waals surface area contributed by atoms with Gasteiger partial charge >= 0.3 is 37.7 Å². The number of rotatable bonds is 19. The Balaban J connectivity index is 0. The third-order valence-corrected chi connectivity index (χ3v) is 6.34. The van der Waals surface area contributed by atoms with E-state index in [1.54, 1.807) is 35.2 Å². The van der Waals surface area contributed by atoms with Crippen LogP contribution < -0.4 is 0 Å². The van der Waals surface area contributed by atoms with Crippen molar-refractivity contribution in [2.24, 2.45) is 0 Å². The number of hydrogen-bond donors (Lipinski definition) is 3. The molecule has 0 bridgehead atoms. The topological polar surface area (TPSA) is 107 Å². The van der Waals surface area contributed by atoms with Gasteiger partial charge in [0.15, 0.2) is 0 Å². The first kappa shape index (κ1) is 35.4. The van der Waals surface area contributed by atoms with Gasteiger partial charge in [0.25, 0.3) is 10.1 Å². The van der Waals surface area contributed by atoms with E-state index in [0.29, 0.717) is 19.6 Å². The Bertz CT molecular complexity index is 604. The van der Waals surface area contributed by atoms with E-state index in [-0.39, 0.29) is 69.1 Å². The molecule has 1 aromatic carbocycles. The van der Waals surface area contributed by atoms with Gasteiger partial charge in [-0.05, 0) is 18.6 Å². The van der Waals surface area contributed by atoms with Crippen LogP contribution in [0.3, 0.4) is 0 Å². The molecular weight excluding hydrogens is 470 g/mol. The van der Waals surface area contributed by atoms with Crippen LogP contribution in [0, 0.1) is 0 Å². The molecular formula is C24H47CaNO6S. The normalized spacial score (nSPS) is 11.1. The van der Waals surface area contributed by atoms with Crippen LogP contribution in [-0.4, -0.2) is 112 Å². The molecule has 0 aliphatic carbocycles. The van der Waals surface area contributed by atoms with Gasteiger partial charge in [0, 0.05) is 19.6 Å². The van der Waals surface area contributed by atoms with Crippen molar-refractivity contribution in [2.45, 2.75) is 76.0 Å². The predicted molar refractivity (Wildman–Crippen MR) is 138 cm³/mol. The number of unbranched alkanes of at least 4 members (excludes halogenated alkanes) is 9. The number of hydrogen-bond acceptors (Lipinski definition) is 7. The van der Waals surface area contributed by atoms with Crippen molar-refractivity contribution in [2.75, 3.05) is 46.1 Å². The zero-order chi connectivity index (χ0) is 23.9. The minimum atomic E-state index is -3.57. The molecule has 1 aromatic rings. The summed E-state index contributed by atoms with van der Waals surface area (Å²) in [5, 5.41) is 25.5. The van der Waals surface area contributed by atoms with Crippen LogP contribution in [-0.2, 0) is 14.3 Å². The molecule has 0 amide bonds. The van der Waals surface area contributed by atoms with Crippen molar-refractivity contribution in [1.29, 1.82) is 0 Å². The third-order valence-electron chi connectivity index (χ3n) is 5.02. The molecule has 0 saturated carbocycles. The van der Waals surface area contributed by atoms with Crippen LogP contribution in [0.4, 0.5) is 0 Å². The molecule has 7 nitrogen and oxygen atoms in total. The van der Waals surface area contributed by atoms with Crippen LogP contribution in [0.2, 0.25) is 0 Å². The average Bonchev–Trinajstić information content (AvgIpc) is 2.79. The van der Waals surface area contributed by atoms with E-state index < -0.39 is 10.1 Å². The first-order valence-electron chi connectivity index (χ1n) is 12.0. The van der Waals surface area contributed by atoms with E-state index in [0.717, 1.165) is 12.8 Å². The molecule has 192 valence electrons. The van der Waals surface area contributed by atoms with Gasteiger partial charge in [0.1, 0.15) is 0 Å². The Hall–Kier alpha value is 0.230. The van der Waals surface area contributed by atoms with Gasteiger partial charge in [0.05, 0.1) is 31.3 Å². The van der Waals surface area contributed by atoms with Crippen molar-refractivity contribution < 1.29 is 27.9 Å². The monoisotopic (exact) mass is 517 g/mol. The van der Waals surface area contributed by atoms with Crippen LogP contribution >= 0.6 is 0 Å². The summed E-state index contributed by atoms with van der Waals surface area (Å²) in [5.74, 6) is 0. The second kappa shape index (κ2) is 25.3.